The fraction of sp³-hybridized carbons (Fsp3) is 0.562. The van der Waals surface area contributed by atoms with Crippen molar-refractivity contribution >= 4 is 11.6 Å². The molecule has 0 aromatic heterocycles. The van der Waals surface area contributed by atoms with Crippen LogP contribution in [0.4, 0.5) is 5.69 Å². The lowest BCUT2D eigenvalue weighted by Gasteiger charge is -2.30. The quantitative estimate of drug-likeness (QED) is 0.838. The molecule has 1 aliphatic heterocycles. The van der Waals surface area contributed by atoms with Gasteiger partial charge in [-0.3, -0.25) is 9.69 Å². The standard InChI is InChI=1S/C16H24N2O3/c1-2-21-15-5-3-14(4-6-15)17-16(20)11-18-9-7-13(12-19)8-10-18/h3-6,13,19H,2,7-12H2,1H3,(H,17,20). The average Bonchev–Trinajstić information content (AvgIpc) is 2.50. The Balaban J connectivity index is 1.76. The summed E-state index contributed by atoms with van der Waals surface area (Å²) in [6.45, 7) is 4.99. The summed E-state index contributed by atoms with van der Waals surface area (Å²) >= 11 is 0. The fourth-order valence-electron chi connectivity index (χ4n) is 2.53. The molecule has 1 heterocycles. The summed E-state index contributed by atoms with van der Waals surface area (Å²) in [5.41, 5.74) is 0.786. The minimum absolute atomic E-state index is 0.00149. The normalized spacial score (nSPS) is 16.7. The summed E-state index contributed by atoms with van der Waals surface area (Å²) in [7, 11) is 0. The average molecular weight is 292 g/mol. The highest BCUT2D eigenvalue weighted by atomic mass is 16.5. The van der Waals surface area contributed by atoms with Crippen LogP contribution < -0.4 is 10.1 Å². The van der Waals surface area contributed by atoms with Gasteiger partial charge in [0.1, 0.15) is 5.75 Å². The largest absolute Gasteiger partial charge is 0.494 e. The molecule has 2 N–H and O–H groups in total. The first kappa shape index (κ1) is 15.8. The lowest BCUT2D eigenvalue weighted by atomic mass is 9.98. The summed E-state index contributed by atoms with van der Waals surface area (Å²) in [6, 6.07) is 7.40. The third kappa shape index (κ3) is 5.02. The molecule has 0 spiro atoms. The molecule has 0 atom stereocenters. The minimum atomic E-state index is 0.00149. The number of anilines is 1. The molecule has 0 aliphatic carbocycles. The summed E-state index contributed by atoms with van der Waals surface area (Å²) in [4.78, 5) is 14.1. The van der Waals surface area contributed by atoms with Gasteiger partial charge in [0.2, 0.25) is 5.91 Å². The lowest BCUT2D eigenvalue weighted by molar-refractivity contribution is -0.117. The summed E-state index contributed by atoms with van der Waals surface area (Å²) in [6.07, 6.45) is 1.93. The van der Waals surface area contributed by atoms with Crippen molar-refractivity contribution in [2.24, 2.45) is 5.92 Å². The van der Waals surface area contributed by atoms with E-state index in [9.17, 15) is 4.79 Å². The van der Waals surface area contributed by atoms with Gasteiger partial charge in [0.15, 0.2) is 0 Å². The van der Waals surface area contributed by atoms with Crippen LogP contribution in [0.3, 0.4) is 0 Å². The number of aliphatic hydroxyl groups excluding tert-OH is 1. The van der Waals surface area contributed by atoms with Crippen molar-refractivity contribution in [3.05, 3.63) is 24.3 Å². The number of hydrogen-bond acceptors (Lipinski definition) is 4. The summed E-state index contributed by atoms with van der Waals surface area (Å²) in [5, 5.41) is 12.0. The molecule has 1 aromatic carbocycles. The van der Waals surface area contributed by atoms with Crippen molar-refractivity contribution in [1.29, 1.82) is 0 Å². The third-order valence-corrected chi connectivity index (χ3v) is 3.78. The van der Waals surface area contributed by atoms with Crippen molar-refractivity contribution in [3.63, 3.8) is 0 Å². The number of amides is 1. The molecule has 0 unspecified atom stereocenters. The summed E-state index contributed by atoms with van der Waals surface area (Å²) in [5.74, 6) is 1.21. The van der Waals surface area contributed by atoms with E-state index in [4.69, 9.17) is 9.84 Å². The second kappa shape index (κ2) is 8.00. The Morgan fingerprint density at radius 3 is 2.57 bits per heavy atom. The van der Waals surface area contributed by atoms with Crippen LogP contribution in [0.5, 0.6) is 5.75 Å². The lowest BCUT2D eigenvalue weighted by Crippen LogP contribution is -2.39. The maximum atomic E-state index is 12.0. The SMILES string of the molecule is CCOc1ccc(NC(=O)CN2CCC(CO)CC2)cc1. The predicted octanol–water partition coefficient (Wildman–Crippen LogP) is 1.73. The zero-order valence-electron chi connectivity index (χ0n) is 12.5. The zero-order chi connectivity index (χ0) is 15.1. The van der Waals surface area contributed by atoms with E-state index in [1.54, 1.807) is 0 Å². The van der Waals surface area contributed by atoms with Gasteiger partial charge in [-0.2, -0.15) is 0 Å². The van der Waals surface area contributed by atoms with Crippen molar-refractivity contribution in [2.75, 3.05) is 38.2 Å². The van der Waals surface area contributed by atoms with E-state index in [0.717, 1.165) is 37.4 Å². The molecule has 116 valence electrons. The van der Waals surface area contributed by atoms with E-state index in [0.29, 0.717) is 19.1 Å². The number of carbonyl (C=O) groups is 1. The molecule has 1 saturated heterocycles. The molecular formula is C16H24N2O3. The van der Waals surface area contributed by atoms with Crippen LogP contribution >= 0.6 is 0 Å². The Hall–Kier alpha value is -1.59. The first-order valence-electron chi connectivity index (χ1n) is 7.57. The molecule has 0 bridgehead atoms. The van der Waals surface area contributed by atoms with Crippen LogP contribution in [0, 0.1) is 5.92 Å². The van der Waals surface area contributed by atoms with Gasteiger partial charge >= 0.3 is 0 Å². The highest BCUT2D eigenvalue weighted by molar-refractivity contribution is 5.92. The number of hydrogen-bond donors (Lipinski definition) is 2. The van der Waals surface area contributed by atoms with Gasteiger partial charge in [-0.25, -0.2) is 0 Å². The van der Waals surface area contributed by atoms with Crippen LogP contribution in [-0.4, -0.2) is 48.8 Å². The second-order valence-corrected chi connectivity index (χ2v) is 5.41. The van der Waals surface area contributed by atoms with Crippen LogP contribution in [0.2, 0.25) is 0 Å². The van der Waals surface area contributed by atoms with E-state index < -0.39 is 0 Å². The van der Waals surface area contributed by atoms with E-state index in [-0.39, 0.29) is 12.5 Å². The molecule has 0 radical (unpaired) electrons. The van der Waals surface area contributed by atoms with E-state index in [1.165, 1.54) is 0 Å². The molecule has 0 saturated carbocycles. The fourth-order valence-corrected chi connectivity index (χ4v) is 2.53. The van der Waals surface area contributed by atoms with Gasteiger partial charge < -0.3 is 15.2 Å². The Bertz CT molecular complexity index is 439. The Labute approximate surface area is 125 Å². The topological polar surface area (TPSA) is 61.8 Å². The maximum absolute atomic E-state index is 12.0. The molecule has 2 rings (SSSR count). The predicted molar refractivity (Wildman–Crippen MR) is 82.5 cm³/mol. The van der Waals surface area contributed by atoms with Crippen LogP contribution in [0.1, 0.15) is 19.8 Å². The Morgan fingerprint density at radius 1 is 1.33 bits per heavy atom. The smallest absolute Gasteiger partial charge is 0.238 e. The van der Waals surface area contributed by atoms with E-state index in [1.807, 2.05) is 31.2 Å². The van der Waals surface area contributed by atoms with Crippen molar-refractivity contribution in [3.8, 4) is 5.75 Å². The van der Waals surface area contributed by atoms with Gasteiger partial charge in [0.05, 0.1) is 13.2 Å². The molecular weight excluding hydrogens is 268 g/mol. The Morgan fingerprint density at radius 2 is 2.00 bits per heavy atom. The van der Waals surface area contributed by atoms with Crippen molar-refractivity contribution in [2.45, 2.75) is 19.8 Å². The number of nitrogens with one attached hydrogen (secondary N) is 1. The highest BCUT2D eigenvalue weighted by Gasteiger charge is 2.20. The summed E-state index contributed by atoms with van der Waals surface area (Å²) < 4.78 is 5.37. The third-order valence-electron chi connectivity index (χ3n) is 3.78. The molecule has 1 amide bonds. The van der Waals surface area contributed by atoms with E-state index >= 15 is 0 Å². The number of carbonyl (C=O) groups excluding carboxylic acids is 1. The number of rotatable bonds is 6. The monoisotopic (exact) mass is 292 g/mol. The highest BCUT2D eigenvalue weighted by Crippen LogP contribution is 2.17. The van der Waals surface area contributed by atoms with Gasteiger partial charge in [0, 0.05) is 12.3 Å². The molecule has 1 fully saturated rings. The minimum Gasteiger partial charge on any atom is -0.494 e. The van der Waals surface area contributed by atoms with E-state index in [2.05, 4.69) is 10.2 Å². The van der Waals surface area contributed by atoms with Crippen LogP contribution in [0.25, 0.3) is 0 Å². The van der Waals surface area contributed by atoms with Crippen molar-refractivity contribution in [1.82, 2.24) is 4.90 Å². The van der Waals surface area contributed by atoms with Crippen molar-refractivity contribution < 1.29 is 14.6 Å². The number of piperidine rings is 1. The van der Waals surface area contributed by atoms with Gasteiger partial charge in [-0.15, -0.1) is 0 Å². The van der Waals surface area contributed by atoms with Gasteiger partial charge in [-0.1, -0.05) is 0 Å². The molecule has 21 heavy (non-hydrogen) atoms. The zero-order valence-corrected chi connectivity index (χ0v) is 12.5. The number of likely N-dealkylation sites (tertiary alicyclic amines) is 1. The van der Waals surface area contributed by atoms with Crippen LogP contribution in [0.15, 0.2) is 24.3 Å². The van der Waals surface area contributed by atoms with Gasteiger partial charge in [0.25, 0.3) is 0 Å². The number of ether oxygens (including phenoxy) is 1. The van der Waals surface area contributed by atoms with Gasteiger partial charge in [-0.05, 0) is 63.0 Å². The van der Waals surface area contributed by atoms with Crippen LogP contribution in [-0.2, 0) is 4.79 Å². The molecule has 1 aromatic rings. The molecule has 5 nitrogen and oxygen atoms in total. The molecule has 5 heteroatoms. The number of benzene rings is 1. The first-order chi connectivity index (χ1) is 10.2. The Kier molecular flexibility index (Phi) is 6.02. The first-order valence-corrected chi connectivity index (χ1v) is 7.57. The maximum Gasteiger partial charge on any atom is 0.238 e. The number of aliphatic hydroxyl groups is 1. The number of nitrogens with zero attached hydrogens (tertiary/aromatic N) is 1. The second-order valence-electron chi connectivity index (χ2n) is 5.41. The molecule has 1 aliphatic rings.